The topological polar surface area (TPSA) is 110 Å². The lowest BCUT2D eigenvalue weighted by Gasteiger charge is -2.22. The van der Waals surface area contributed by atoms with Crippen LogP contribution in [0.25, 0.3) is 0 Å². The number of amides is 1. The molecule has 0 aromatic heterocycles. The van der Waals surface area contributed by atoms with E-state index in [1.165, 1.54) is 0 Å². The largest absolute Gasteiger partial charge is 0.319 e. The summed E-state index contributed by atoms with van der Waals surface area (Å²) in [6.07, 6.45) is 0.447. The molecular formula is C13H16FN3O5S. The Labute approximate surface area is 132 Å². The Hall–Kier alpha value is -2.07. The molecule has 0 unspecified atom stereocenters. The summed E-state index contributed by atoms with van der Waals surface area (Å²) >= 11 is 0. The zero-order valence-electron chi connectivity index (χ0n) is 12.4. The Balaban J connectivity index is 2.01. The third-order valence-corrected chi connectivity index (χ3v) is 5.41. The molecule has 1 fully saturated rings. The molecule has 0 bridgehead atoms. The van der Waals surface area contributed by atoms with E-state index in [2.05, 4.69) is 5.32 Å². The minimum absolute atomic E-state index is 0.00647. The molecule has 0 saturated carbocycles. The maximum atomic E-state index is 13.0. The van der Waals surface area contributed by atoms with Crippen molar-refractivity contribution < 1.29 is 22.5 Å². The van der Waals surface area contributed by atoms with E-state index in [0.717, 1.165) is 18.2 Å². The predicted octanol–water partition coefficient (Wildman–Crippen LogP) is 0.791. The van der Waals surface area contributed by atoms with Gasteiger partial charge in [0.2, 0.25) is 5.91 Å². The van der Waals surface area contributed by atoms with Crippen molar-refractivity contribution in [3.05, 3.63) is 34.1 Å². The molecule has 0 aliphatic carbocycles. The van der Waals surface area contributed by atoms with E-state index in [-0.39, 0.29) is 29.8 Å². The van der Waals surface area contributed by atoms with Crippen molar-refractivity contribution in [1.82, 2.24) is 4.90 Å². The second kappa shape index (κ2) is 6.59. The molecule has 1 atom stereocenters. The van der Waals surface area contributed by atoms with Gasteiger partial charge in [-0.2, -0.15) is 0 Å². The lowest BCUT2D eigenvalue weighted by molar-refractivity contribution is -0.384. The Kier molecular flexibility index (Phi) is 4.95. The molecule has 23 heavy (non-hydrogen) atoms. The van der Waals surface area contributed by atoms with Crippen molar-refractivity contribution in [2.75, 3.05) is 30.4 Å². The van der Waals surface area contributed by atoms with E-state index < -0.39 is 32.2 Å². The molecule has 10 heteroatoms. The van der Waals surface area contributed by atoms with E-state index >= 15 is 0 Å². The molecule has 2 rings (SSSR count). The summed E-state index contributed by atoms with van der Waals surface area (Å²) in [5.41, 5.74) is -0.640. The summed E-state index contributed by atoms with van der Waals surface area (Å²) in [5, 5.41) is 13.2. The molecule has 1 aliphatic rings. The highest BCUT2D eigenvalue weighted by Crippen LogP contribution is 2.25. The van der Waals surface area contributed by atoms with Crippen LogP contribution in [0.4, 0.5) is 15.8 Å². The second-order valence-corrected chi connectivity index (χ2v) is 7.67. The molecule has 1 aliphatic heterocycles. The van der Waals surface area contributed by atoms with Gasteiger partial charge in [0.05, 0.1) is 29.0 Å². The first-order valence-electron chi connectivity index (χ1n) is 6.82. The third-order valence-electron chi connectivity index (χ3n) is 3.66. The van der Waals surface area contributed by atoms with Crippen molar-refractivity contribution in [2.24, 2.45) is 0 Å². The van der Waals surface area contributed by atoms with E-state index in [4.69, 9.17) is 0 Å². The smallest absolute Gasteiger partial charge is 0.295 e. The average molecular weight is 345 g/mol. The number of nitrogens with zero attached hydrogens (tertiary/aromatic N) is 2. The van der Waals surface area contributed by atoms with Gasteiger partial charge in [-0.25, -0.2) is 12.8 Å². The van der Waals surface area contributed by atoms with Crippen molar-refractivity contribution in [3.8, 4) is 0 Å². The molecule has 8 nitrogen and oxygen atoms in total. The van der Waals surface area contributed by atoms with Crippen LogP contribution in [0.5, 0.6) is 0 Å². The van der Waals surface area contributed by atoms with Gasteiger partial charge in [-0.1, -0.05) is 0 Å². The third kappa shape index (κ3) is 4.45. The van der Waals surface area contributed by atoms with Gasteiger partial charge in [-0.3, -0.25) is 19.8 Å². The van der Waals surface area contributed by atoms with Crippen LogP contribution >= 0.6 is 0 Å². The van der Waals surface area contributed by atoms with E-state index in [1.807, 2.05) is 0 Å². The van der Waals surface area contributed by atoms with E-state index in [0.29, 0.717) is 6.42 Å². The molecule has 1 heterocycles. The highest BCUT2D eigenvalue weighted by atomic mass is 32.2. The lowest BCUT2D eigenvalue weighted by atomic mass is 10.2. The van der Waals surface area contributed by atoms with Crippen molar-refractivity contribution in [1.29, 1.82) is 0 Å². The Morgan fingerprint density at radius 1 is 1.52 bits per heavy atom. The molecule has 1 aromatic carbocycles. The van der Waals surface area contributed by atoms with E-state index in [9.17, 15) is 27.7 Å². The summed E-state index contributed by atoms with van der Waals surface area (Å²) in [5.74, 6) is -1.23. The number of hydrogen-bond donors (Lipinski definition) is 1. The van der Waals surface area contributed by atoms with Crippen LogP contribution in [0.1, 0.15) is 6.42 Å². The van der Waals surface area contributed by atoms with Crippen LogP contribution < -0.4 is 5.32 Å². The van der Waals surface area contributed by atoms with Gasteiger partial charge in [0.1, 0.15) is 11.5 Å². The first kappa shape index (κ1) is 17.3. The SMILES string of the molecule is CN(CC(=O)Nc1ccc(F)cc1[N+](=O)[O-])[C@@H]1CCS(=O)(=O)C1. The quantitative estimate of drug-likeness (QED) is 0.624. The van der Waals surface area contributed by atoms with Crippen molar-refractivity contribution in [3.63, 3.8) is 0 Å². The number of nitrogens with one attached hydrogen (secondary N) is 1. The van der Waals surface area contributed by atoms with Gasteiger partial charge in [0, 0.05) is 6.04 Å². The van der Waals surface area contributed by atoms with Crippen molar-refractivity contribution in [2.45, 2.75) is 12.5 Å². The molecule has 1 amide bonds. The summed E-state index contributed by atoms with van der Waals surface area (Å²) in [6.45, 7) is -0.116. The average Bonchev–Trinajstić information content (AvgIpc) is 2.81. The fraction of sp³-hybridized carbons (Fsp3) is 0.462. The number of likely N-dealkylation sites (N-methyl/N-ethyl adjacent to an activating group) is 1. The number of hydrogen-bond acceptors (Lipinski definition) is 6. The maximum absolute atomic E-state index is 13.0. The van der Waals surface area contributed by atoms with Crippen LogP contribution in [0.2, 0.25) is 0 Å². The second-order valence-electron chi connectivity index (χ2n) is 5.44. The number of carbonyl (C=O) groups excluding carboxylic acids is 1. The van der Waals surface area contributed by atoms with Crippen LogP contribution in [-0.2, 0) is 14.6 Å². The fourth-order valence-corrected chi connectivity index (χ4v) is 4.24. The Bertz CT molecular complexity index is 737. The van der Waals surface area contributed by atoms with Gasteiger partial charge >= 0.3 is 0 Å². The fourth-order valence-electron chi connectivity index (χ4n) is 2.43. The molecule has 1 saturated heterocycles. The Morgan fingerprint density at radius 2 is 2.22 bits per heavy atom. The standard InChI is InChI=1S/C13H16FN3O5S/c1-16(10-4-5-23(21,22)8-10)7-13(18)15-11-3-2-9(14)6-12(11)17(19)20/h2-3,6,10H,4-5,7-8H2,1H3,(H,15,18)/t10-/m1/s1. The minimum atomic E-state index is -3.06. The first-order valence-corrected chi connectivity index (χ1v) is 8.64. The zero-order chi connectivity index (χ0) is 17.2. The molecule has 126 valence electrons. The highest BCUT2D eigenvalue weighted by molar-refractivity contribution is 7.91. The van der Waals surface area contributed by atoms with E-state index in [1.54, 1.807) is 11.9 Å². The monoisotopic (exact) mass is 345 g/mol. The minimum Gasteiger partial charge on any atom is -0.319 e. The lowest BCUT2D eigenvalue weighted by Crippen LogP contribution is -2.38. The normalized spacial score (nSPS) is 19.7. The zero-order valence-corrected chi connectivity index (χ0v) is 13.2. The van der Waals surface area contributed by atoms with Crippen LogP contribution in [0.3, 0.4) is 0 Å². The number of sulfone groups is 1. The molecule has 0 spiro atoms. The Morgan fingerprint density at radius 3 is 2.78 bits per heavy atom. The predicted molar refractivity (Wildman–Crippen MR) is 81.4 cm³/mol. The van der Waals surface area contributed by atoms with Crippen LogP contribution in [-0.4, -0.2) is 55.3 Å². The number of benzene rings is 1. The molecule has 1 N–H and O–H groups in total. The number of rotatable bonds is 5. The van der Waals surface area contributed by atoms with Gasteiger partial charge in [-0.05, 0) is 25.6 Å². The first-order chi connectivity index (χ1) is 10.7. The van der Waals surface area contributed by atoms with Gasteiger partial charge in [-0.15, -0.1) is 0 Å². The summed E-state index contributed by atoms with van der Waals surface area (Å²) < 4.78 is 35.9. The van der Waals surface area contributed by atoms with Gasteiger partial charge < -0.3 is 5.32 Å². The molecule has 1 aromatic rings. The number of halogens is 1. The summed E-state index contributed by atoms with van der Waals surface area (Å²) in [6, 6.07) is 2.60. The molecule has 0 radical (unpaired) electrons. The van der Waals surface area contributed by atoms with Crippen LogP contribution in [0, 0.1) is 15.9 Å². The highest BCUT2D eigenvalue weighted by Gasteiger charge is 2.31. The maximum Gasteiger partial charge on any atom is 0.295 e. The van der Waals surface area contributed by atoms with Crippen molar-refractivity contribution >= 4 is 27.1 Å². The number of anilines is 1. The number of nitro groups is 1. The van der Waals surface area contributed by atoms with Crippen LogP contribution in [0.15, 0.2) is 18.2 Å². The van der Waals surface area contributed by atoms with Gasteiger partial charge in [0.25, 0.3) is 5.69 Å². The summed E-state index contributed by atoms with van der Waals surface area (Å²) in [7, 11) is -1.45. The van der Waals surface area contributed by atoms with Gasteiger partial charge in [0.15, 0.2) is 9.84 Å². The molecular weight excluding hydrogens is 329 g/mol. The number of nitro benzene ring substituents is 1. The number of carbonyl (C=O) groups is 1. The summed E-state index contributed by atoms with van der Waals surface area (Å²) in [4.78, 5) is 23.7.